The molecule has 24 heavy (non-hydrogen) atoms. The summed E-state index contributed by atoms with van der Waals surface area (Å²) in [6, 6.07) is 9.29. The number of ether oxygens (including phenoxy) is 1. The number of nitro benzene ring substituents is 1. The quantitative estimate of drug-likeness (QED) is 0.377. The van der Waals surface area contributed by atoms with E-state index in [1.165, 1.54) is 37.6 Å². The minimum absolute atomic E-state index is 0.0953. The molecule has 0 saturated heterocycles. The average molecular weight is 327 g/mol. The molecule has 8 nitrogen and oxygen atoms in total. The highest BCUT2D eigenvalue weighted by Gasteiger charge is 2.16. The summed E-state index contributed by atoms with van der Waals surface area (Å²) in [5.41, 5.74) is -0.0900. The lowest BCUT2D eigenvalue weighted by Gasteiger charge is -2.04. The van der Waals surface area contributed by atoms with E-state index >= 15 is 0 Å². The predicted octanol–water partition coefficient (Wildman–Crippen LogP) is 2.42. The molecule has 1 aromatic heterocycles. The fourth-order valence-electron chi connectivity index (χ4n) is 1.93. The lowest BCUT2D eigenvalue weighted by Crippen LogP contribution is -2.23. The second-order valence-corrected chi connectivity index (χ2v) is 4.62. The molecule has 0 aliphatic heterocycles. The fraction of sp³-hybridized carbons (Fsp3) is 0.125. The molecule has 2 rings (SSSR count). The Balaban J connectivity index is 2.20. The van der Waals surface area contributed by atoms with E-state index in [9.17, 15) is 14.9 Å². The molecule has 1 heterocycles. The van der Waals surface area contributed by atoms with Gasteiger partial charge in [0.1, 0.15) is 17.4 Å². The Morgan fingerprint density at radius 2 is 2.29 bits per heavy atom. The second kappa shape index (κ2) is 7.60. The first-order chi connectivity index (χ1) is 11.5. The van der Waals surface area contributed by atoms with E-state index in [1.807, 2.05) is 0 Å². The molecule has 1 N–H and O–H groups in total. The summed E-state index contributed by atoms with van der Waals surface area (Å²) < 4.78 is 9.98. The lowest BCUT2D eigenvalue weighted by atomic mass is 10.1. The fourth-order valence-corrected chi connectivity index (χ4v) is 1.93. The lowest BCUT2D eigenvalue weighted by molar-refractivity contribution is -0.385. The van der Waals surface area contributed by atoms with Crippen molar-refractivity contribution < 1.29 is 18.9 Å². The van der Waals surface area contributed by atoms with Crippen molar-refractivity contribution in [2.45, 2.75) is 6.54 Å². The van der Waals surface area contributed by atoms with E-state index in [1.54, 1.807) is 18.2 Å². The Kier molecular flexibility index (Phi) is 5.31. The van der Waals surface area contributed by atoms with E-state index < -0.39 is 10.8 Å². The summed E-state index contributed by atoms with van der Waals surface area (Å²) in [5, 5.41) is 22.7. The van der Waals surface area contributed by atoms with Crippen molar-refractivity contribution in [2.75, 3.05) is 7.11 Å². The first-order valence-electron chi connectivity index (χ1n) is 6.80. The van der Waals surface area contributed by atoms with Crippen LogP contribution in [0.4, 0.5) is 5.69 Å². The maximum absolute atomic E-state index is 12.0. The van der Waals surface area contributed by atoms with Gasteiger partial charge in [-0.1, -0.05) is 6.07 Å². The van der Waals surface area contributed by atoms with Gasteiger partial charge in [0, 0.05) is 6.07 Å². The van der Waals surface area contributed by atoms with E-state index in [0.29, 0.717) is 11.3 Å². The van der Waals surface area contributed by atoms with Crippen LogP contribution in [0.25, 0.3) is 6.08 Å². The zero-order valence-corrected chi connectivity index (χ0v) is 12.7. The molecule has 0 fully saturated rings. The zero-order valence-electron chi connectivity index (χ0n) is 12.7. The maximum atomic E-state index is 12.0. The molecular weight excluding hydrogens is 314 g/mol. The van der Waals surface area contributed by atoms with Gasteiger partial charge in [0.25, 0.3) is 5.91 Å². The van der Waals surface area contributed by atoms with Crippen LogP contribution in [-0.2, 0) is 11.3 Å². The van der Waals surface area contributed by atoms with Crippen LogP contribution < -0.4 is 10.1 Å². The monoisotopic (exact) mass is 327 g/mol. The number of hydrogen-bond donors (Lipinski definition) is 1. The van der Waals surface area contributed by atoms with Crippen LogP contribution in [0.5, 0.6) is 5.75 Å². The van der Waals surface area contributed by atoms with E-state index in [-0.39, 0.29) is 23.6 Å². The number of nitrogens with one attached hydrogen (secondary N) is 1. The summed E-state index contributed by atoms with van der Waals surface area (Å²) in [6.07, 6.45) is 2.74. The number of nitrogens with zero attached hydrogens (tertiary/aromatic N) is 2. The predicted molar refractivity (Wildman–Crippen MR) is 83.8 cm³/mol. The Bertz CT molecular complexity index is 819. The number of amides is 1. The zero-order chi connectivity index (χ0) is 17.5. The molecule has 0 radical (unpaired) electrons. The van der Waals surface area contributed by atoms with Crippen LogP contribution in [-0.4, -0.2) is 17.9 Å². The van der Waals surface area contributed by atoms with Crippen LogP contribution >= 0.6 is 0 Å². The highest BCUT2D eigenvalue weighted by atomic mass is 16.6. The molecular formula is C16H13N3O5. The molecule has 0 bridgehead atoms. The van der Waals surface area contributed by atoms with Gasteiger partial charge in [0.05, 0.1) is 24.8 Å². The largest absolute Gasteiger partial charge is 0.490 e. The van der Waals surface area contributed by atoms with Crippen LogP contribution in [0.1, 0.15) is 11.3 Å². The van der Waals surface area contributed by atoms with Crippen molar-refractivity contribution in [3.63, 3.8) is 0 Å². The van der Waals surface area contributed by atoms with Gasteiger partial charge < -0.3 is 14.5 Å². The molecule has 1 aromatic carbocycles. The van der Waals surface area contributed by atoms with Gasteiger partial charge in [0.15, 0.2) is 5.75 Å². The number of carbonyl (C=O) groups is 1. The Labute approximate surface area is 137 Å². The molecule has 1 amide bonds. The van der Waals surface area contributed by atoms with E-state index in [2.05, 4.69) is 5.32 Å². The van der Waals surface area contributed by atoms with Gasteiger partial charge in [-0.25, -0.2) is 0 Å². The molecule has 2 aromatic rings. The number of carbonyl (C=O) groups excluding carboxylic acids is 1. The normalized spacial score (nSPS) is 10.8. The van der Waals surface area contributed by atoms with Crippen LogP contribution in [0.15, 0.2) is 46.6 Å². The SMILES string of the molecule is COc1ccc(/C=C(\C#N)C(=O)NCc2ccco2)cc1[N+](=O)[O-]. The number of furan rings is 1. The van der Waals surface area contributed by atoms with E-state index in [4.69, 9.17) is 14.4 Å². The van der Waals surface area contributed by atoms with Gasteiger partial charge in [0.2, 0.25) is 0 Å². The van der Waals surface area contributed by atoms with Gasteiger partial charge >= 0.3 is 5.69 Å². The number of nitro groups is 1. The molecule has 0 aliphatic carbocycles. The Morgan fingerprint density at radius 1 is 1.50 bits per heavy atom. The Morgan fingerprint density at radius 3 is 2.88 bits per heavy atom. The smallest absolute Gasteiger partial charge is 0.311 e. The summed E-state index contributed by atoms with van der Waals surface area (Å²) in [5.74, 6) is 0.0334. The van der Waals surface area contributed by atoms with Crippen molar-refractivity contribution in [3.05, 3.63) is 63.6 Å². The third-order valence-corrected chi connectivity index (χ3v) is 3.08. The molecule has 0 saturated carbocycles. The van der Waals surface area contributed by atoms with Gasteiger partial charge in [-0.3, -0.25) is 14.9 Å². The van der Waals surface area contributed by atoms with Crippen molar-refractivity contribution in [3.8, 4) is 11.8 Å². The first kappa shape index (κ1) is 16.8. The van der Waals surface area contributed by atoms with Crippen molar-refractivity contribution >= 4 is 17.7 Å². The summed E-state index contributed by atoms with van der Waals surface area (Å²) in [6.45, 7) is 0.133. The first-order valence-corrected chi connectivity index (χ1v) is 6.80. The highest BCUT2D eigenvalue weighted by molar-refractivity contribution is 6.01. The third-order valence-electron chi connectivity index (χ3n) is 3.08. The number of nitriles is 1. The summed E-state index contributed by atoms with van der Waals surface area (Å²) in [7, 11) is 1.32. The van der Waals surface area contributed by atoms with Crippen LogP contribution in [0, 0.1) is 21.4 Å². The van der Waals surface area contributed by atoms with E-state index in [0.717, 1.165) is 0 Å². The molecule has 0 aliphatic rings. The maximum Gasteiger partial charge on any atom is 0.311 e. The average Bonchev–Trinajstić information content (AvgIpc) is 3.10. The van der Waals surface area contributed by atoms with Crippen molar-refractivity contribution in [1.29, 1.82) is 5.26 Å². The summed E-state index contributed by atoms with van der Waals surface area (Å²) in [4.78, 5) is 22.4. The molecule has 0 atom stereocenters. The molecule has 122 valence electrons. The standard InChI is InChI=1S/C16H13N3O5/c1-23-15-5-4-11(8-14(15)19(21)22)7-12(9-17)16(20)18-10-13-3-2-6-24-13/h2-8H,10H2,1H3,(H,18,20)/b12-7+. The number of rotatable bonds is 6. The Hall–Kier alpha value is -3.60. The minimum atomic E-state index is -0.604. The van der Waals surface area contributed by atoms with Gasteiger partial charge in [-0.15, -0.1) is 0 Å². The molecule has 8 heteroatoms. The highest BCUT2D eigenvalue weighted by Crippen LogP contribution is 2.28. The summed E-state index contributed by atoms with van der Waals surface area (Å²) >= 11 is 0. The number of methoxy groups -OCH3 is 1. The van der Waals surface area contributed by atoms with Crippen molar-refractivity contribution in [1.82, 2.24) is 5.32 Å². The van der Waals surface area contributed by atoms with Crippen LogP contribution in [0.3, 0.4) is 0 Å². The van der Waals surface area contributed by atoms with Gasteiger partial charge in [-0.05, 0) is 29.8 Å². The third kappa shape index (κ3) is 3.98. The minimum Gasteiger partial charge on any atom is -0.490 e. The second-order valence-electron chi connectivity index (χ2n) is 4.62. The van der Waals surface area contributed by atoms with Crippen molar-refractivity contribution in [2.24, 2.45) is 0 Å². The molecule has 0 unspecified atom stereocenters. The topological polar surface area (TPSA) is 118 Å². The van der Waals surface area contributed by atoms with Crippen LogP contribution in [0.2, 0.25) is 0 Å². The number of hydrogen-bond acceptors (Lipinski definition) is 6. The molecule has 0 spiro atoms. The van der Waals surface area contributed by atoms with Gasteiger partial charge in [-0.2, -0.15) is 5.26 Å². The number of benzene rings is 1.